The lowest BCUT2D eigenvalue weighted by Gasteiger charge is -2.30. The second-order valence-corrected chi connectivity index (χ2v) is 8.96. The minimum absolute atomic E-state index is 0.00701. The predicted molar refractivity (Wildman–Crippen MR) is 125 cm³/mol. The molecular weight excluding hydrogens is 496 g/mol. The summed E-state index contributed by atoms with van der Waals surface area (Å²) in [4.78, 5) is 19.2. The molecule has 3 aromatic rings. The average Bonchev–Trinajstić information content (AvgIpc) is 3.27. The van der Waals surface area contributed by atoms with Gasteiger partial charge in [0.15, 0.2) is 0 Å². The summed E-state index contributed by atoms with van der Waals surface area (Å²) in [5.74, 6) is 1.87. The van der Waals surface area contributed by atoms with Gasteiger partial charge in [0.05, 0.1) is 18.1 Å². The van der Waals surface area contributed by atoms with Crippen LogP contribution in [0.3, 0.4) is 0 Å². The van der Waals surface area contributed by atoms with Gasteiger partial charge in [0.25, 0.3) is 0 Å². The van der Waals surface area contributed by atoms with Crippen LogP contribution in [0.2, 0.25) is 5.02 Å². The maximum Gasteiger partial charge on any atom is 0.241 e. The molecule has 4 rings (SSSR count). The summed E-state index contributed by atoms with van der Waals surface area (Å²) < 4.78 is 12.0. The zero-order valence-corrected chi connectivity index (χ0v) is 19.8. The monoisotopic (exact) mass is 518 g/mol. The Labute approximate surface area is 200 Å². The number of carbonyl (C=O) groups is 1. The lowest BCUT2D eigenvalue weighted by molar-refractivity contribution is -0.126. The second kappa shape index (κ2) is 10.9. The summed E-state index contributed by atoms with van der Waals surface area (Å²) in [6.07, 6.45) is 1.59. The van der Waals surface area contributed by atoms with Crippen molar-refractivity contribution in [3.63, 3.8) is 0 Å². The van der Waals surface area contributed by atoms with E-state index in [2.05, 4.69) is 36.3 Å². The van der Waals surface area contributed by atoms with Crippen LogP contribution in [-0.2, 0) is 11.3 Å². The van der Waals surface area contributed by atoms with E-state index in [1.165, 1.54) is 0 Å². The molecule has 2 heterocycles. The Kier molecular flexibility index (Phi) is 7.78. The second-order valence-electron chi connectivity index (χ2n) is 7.64. The lowest BCUT2D eigenvalue weighted by Crippen LogP contribution is -2.41. The number of benzene rings is 2. The van der Waals surface area contributed by atoms with Crippen molar-refractivity contribution in [3.05, 3.63) is 63.9 Å². The van der Waals surface area contributed by atoms with Gasteiger partial charge in [-0.25, -0.2) is 0 Å². The van der Waals surface area contributed by atoms with E-state index in [4.69, 9.17) is 20.9 Å². The summed E-state index contributed by atoms with van der Waals surface area (Å²) in [5, 5.41) is 7.61. The third-order valence-corrected chi connectivity index (χ3v) is 6.22. The molecule has 1 N–H and O–H groups in total. The number of nitrogens with one attached hydrogen (secondary N) is 1. The highest BCUT2D eigenvalue weighted by Crippen LogP contribution is 2.23. The van der Waals surface area contributed by atoms with E-state index in [0.717, 1.165) is 36.0 Å². The van der Waals surface area contributed by atoms with E-state index < -0.39 is 0 Å². The molecule has 0 atom stereocenters. The van der Waals surface area contributed by atoms with Crippen molar-refractivity contribution in [2.24, 2.45) is 5.92 Å². The highest BCUT2D eigenvalue weighted by atomic mass is 79.9. The number of piperidine rings is 1. The van der Waals surface area contributed by atoms with Crippen molar-refractivity contribution in [2.75, 3.05) is 26.2 Å². The van der Waals surface area contributed by atoms with Crippen molar-refractivity contribution in [1.29, 1.82) is 0 Å². The highest BCUT2D eigenvalue weighted by Gasteiger charge is 2.25. The first kappa shape index (κ1) is 22.8. The molecular formula is C23H24BrClN4O3. The molecule has 1 aliphatic rings. The molecule has 1 amide bonds. The van der Waals surface area contributed by atoms with Gasteiger partial charge in [0.2, 0.25) is 17.6 Å². The number of nitrogens with zero attached hydrogens (tertiary/aromatic N) is 3. The average molecular weight is 520 g/mol. The molecule has 0 spiro atoms. The quantitative estimate of drug-likeness (QED) is 0.440. The van der Waals surface area contributed by atoms with Crippen LogP contribution in [0.4, 0.5) is 0 Å². The van der Waals surface area contributed by atoms with Gasteiger partial charge in [-0.2, -0.15) is 4.98 Å². The SMILES string of the molecule is O=C(NCCOc1ccccc1Cl)C1CCN(Cc2nc(-c3ccc(Br)cc3)no2)CC1. The smallest absolute Gasteiger partial charge is 0.241 e. The number of halogens is 2. The number of amides is 1. The normalized spacial score (nSPS) is 14.9. The zero-order chi connectivity index (χ0) is 22.3. The molecule has 0 bridgehead atoms. The Bertz CT molecular complexity index is 1040. The fourth-order valence-electron chi connectivity index (χ4n) is 3.62. The first-order valence-corrected chi connectivity index (χ1v) is 11.7. The van der Waals surface area contributed by atoms with Crippen LogP contribution in [0.25, 0.3) is 11.4 Å². The number of hydrogen-bond acceptors (Lipinski definition) is 6. The van der Waals surface area contributed by atoms with Crippen molar-refractivity contribution in [2.45, 2.75) is 19.4 Å². The molecule has 1 fully saturated rings. The fourth-order valence-corrected chi connectivity index (χ4v) is 4.08. The molecule has 9 heteroatoms. The molecule has 0 saturated carbocycles. The summed E-state index contributed by atoms with van der Waals surface area (Å²) in [5.41, 5.74) is 0.914. The molecule has 0 radical (unpaired) electrons. The number of para-hydroxylation sites is 1. The number of hydrogen-bond donors (Lipinski definition) is 1. The number of carbonyl (C=O) groups excluding carboxylic acids is 1. The van der Waals surface area contributed by atoms with Gasteiger partial charge in [0.1, 0.15) is 12.4 Å². The fraction of sp³-hybridized carbons (Fsp3) is 0.348. The summed E-state index contributed by atoms with van der Waals surface area (Å²) in [7, 11) is 0. The van der Waals surface area contributed by atoms with Crippen LogP contribution < -0.4 is 10.1 Å². The number of aromatic nitrogens is 2. The maximum absolute atomic E-state index is 12.5. The van der Waals surface area contributed by atoms with Crippen molar-refractivity contribution in [1.82, 2.24) is 20.4 Å². The Balaban J connectivity index is 1.17. The number of ether oxygens (including phenoxy) is 1. The van der Waals surface area contributed by atoms with Gasteiger partial charge in [-0.3, -0.25) is 9.69 Å². The summed E-state index contributed by atoms with van der Waals surface area (Å²) >= 11 is 9.49. The van der Waals surface area contributed by atoms with E-state index in [0.29, 0.717) is 42.2 Å². The molecule has 7 nitrogen and oxygen atoms in total. The van der Waals surface area contributed by atoms with E-state index in [-0.39, 0.29) is 11.8 Å². The Morgan fingerprint density at radius 1 is 1.19 bits per heavy atom. The molecule has 32 heavy (non-hydrogen) atoms. The van der Waals surface area contributed by atoms with Gasteiger partial charge in [-0.15, -0.1) is 0 Å². The minimum Gasteiger partial charge on any atom is -0.490 e. The zero-order valence-electron chi connectivity index (χ0n) is 17.5. The van der Waals surface area contributed by atoms with Gasteiger partial charge in [0, 0.05) is 16.0 Å². The van der Waals surface area contributed by atoms with Crippen LogP contribution in [0, 0.1) is 5.92 Å². The van der Waals surface area contributed by atoms with Crippen LogP contribution in [0.15, 0.2) is 57.5 Å². The third-order valence-electron chi connectivity index (χ3n) is 5.38. The summed E-state index contributed by atoms with van der Waals surface area (Å²) in [6.45, 7) is 3.04. The molecule has 1 aliphatic heterocycles. The lowest BCUT2D eigenvalue weighted by atomic mass is 9.96. The maximum atomic E-state index is 12.5. The molecule has 1 saturated heterocycles. The molecule has 168 valence electrons. The number of rotatable bonds is 8. The topological polar surface area (TPSA) is 80.5 Å². The van der Waals surface area contributed by atoms with Crippen molar-refractivity contribution >= 4 is 33.4 Å². The van der Waals surface area contributed by atoms with Crippen LogP contribution >= 0.6 is 27.5 Å². The highest BCUT2D eigenvalue weighted by molar-refractivity contribution is 9.10. The van der Waals surface area contributed by atoms with E-state index in [1.807, 2.05) is 42.5 Å². The Morgan fingerprint density at radius 3 is 2.69 bits per heavy atom. The molecule has 2 aromatic carbocycles. The Morgan fingerprint density at radius 2 is 1.94 bits per heavy atom. The minimum atomic E-state index is 0.00701. The van der Waals surface area contributed by atoms with Gasteiger partial charge >= 0.3 is 0 Å². The first-order chi connectivity index (χ1) is 15.6. The summed E-state index contributed by atoms with van der Waals surface area (Å²) in [6, 6.07) is 15.1. The van der Waals surface area contributed by atoms with E-state index in [9.17, 15) is 4.79 Å². The number of likely N-dealkylation sites (tertiary alicyclic amines) is 1. The standard InChI is InChI=1S/C23H24BrClN4O3/c24-18-7-5-16(6-8-18)22-27-21(32-28-22)15-29-12-9-17(10-13-29)23(30)26-11-14-31-20-4-2-1-3-19(20)25/h1-8,17H,9-15H2,(H,26,30). The Hall–Kier alpha value is -2.42. The molecule has 1 aromatic heterocycles. The van der Waals surface area contributed by atoms with Crippen LogP contribution in [-0.4, -0.2) is 47.2 Å². The molecule has 0 unspecified atom stereocenters. The first-order valence-electron chi connectivity index (χ1n) is 10.5. The van der Waals surface area contributed by atoms with Crippen molar-refractivity contribution < 1.29 is 14.1 Å². The van der Waals surface area contributed by atoms with Gasteiger partial charge in [-0.05, 0) is 62.3 Å². The largest absolute Gasteiger partial charge is 0.490 e. The molecule has 0 aliphatic carbocycles. The van der Waals surface area contributed by atoms with Gasteiger partial charge in [-0.1, -0.05) is 44.8 Å². The van der Waals surface area contributed by atoms with E-state index in [1.54, 1.807) is 6.07 Å². The van der Waals surface area contributed by atoms with Crippen LogP contribution in [0.5, 0.6) is 5.75 Å². The van der Waals surface area contributed by atoms with Crippen LogP contribution in [0.1, 0.15) is 18.7 Å². The van der Waals surface area contributed by atoms with Gasteiger partial charge < -0.3 is 14.6 Å². The van der Waals surface area contributed by atoms with Crippen molar-refractivity contribution in [3.8, 4) is 17.1 Å². The third kappa shape index (κ3) is 6.09. The predicted octanol–water partition coefficient (Wildman–Crippen LogP) is 4.56. The van der Waals surface area contributed by atoms with E-state index >= 15 is 0 Å².